The van der Waals surface area contributed by atoms with Crippen LogP contribution >= 0.6 is 0 Å². The Bertz CT molecular complexity index is 9.51. The van der Waals surface area contributed by atoms with Crippen molar-refractivity contribution < 1.29 is 37.4 Å². The maximum absolute atomic E-state index is 4.29. The third-order valence-electron chi connectivity index (χ3n) is 0.204. The zero-order chi connectivity index (χ0) is 3.41. The molecule has 0 rings (SSSR count). The van der Waals surface area contributed by atoms with Crippen molar-refractivity contribution in [3.8, 4) is 0 Å². The maximum atomic E-state index is 4.29. The SMILES string of the molecule is [CH2-]OCC.[CH3-].[Y]. The van der Waals surface area contributed by atoms with Crippen LogP contribution in [0.25, 0.3) is 0 Å². The van der Waals surface area contributed by atoms with Gasteiger partial charge in [-0.25, -0.2) is 7.11 Å². The van der Waals surface area contributed by atoms with Gasteiger partial charge in [0.25, 0.3) is 0 Å². The number of ether oxygens (including phenoxy) is 1. The molecule has 0 saturated heterocycles. The summed E-state index contributed by atoms with van der Waals surface area (Å²) in [7, 11) is 3.10. The number of rotatable bonds is 1. The molecule has 0 bridgehead atoms. The predicted molar refractivity (Wildman–Crippen MR) is 23.4 cm³/mol. The van der Waals surface area contributed by atoms with Crippen LogP contribution in [0.4, 0.5) is 0 Å². The summed E-state index contributed by atoms with van der Waals surface area (Å²) in [4.78, 5) is 0. The van der Waals surface area contributed by atoms with Gasteiger partial charge in [-0.1, -0.05) is 0 Å². The molecule has 0 spiro atoms. The molecule has 6 heavy (non-hydrogen) atoms. The van der Waals surface area contributed by atoms with Gasteiger partial charge in [0.2, 0.25) is 0 Å². The molecule has 0 atom stereocenters. The Morgan fingerprint density at radius 1 is 1.67 bits per heavy atom. The topological polar surface area (TPSA) is 9.23 Å². The molecular weight excluding hydrogens is 153 g/mol. The molecule has 0 fully saturated rings. The molecule has 0 saturated carbocycles. The van der Waals surface area contributed by atoms with E-state index in [1.165, 1.54) is 0 Å². The smallest absolute Gasteiger partial charge is 0.00804 e. The van der Waals surface area contributed by atoms with Gasteiger partial charge >= 0.3 is 0 Å². The Morgan fingerprint density at radius 2 is 1.83 bits per heavy atom. The summed E-state index contributed by atoms with van der Waals surface area (Å²) in [5, 5.41) is 0. The van der Waals surface area contributed by atoms with Crippen molar-refractivity contribution in [3.63, 3.8) is 0 Å². The second kappa shape index (κ2) is 16.6. The fourth-order valence-corrected chi connectivity index (χ4v) is 0. The Kier molecular flexibility index (Phi) is 43.4. The van der Waals surface area contributed by atoms with E-state index in [-0.39, 0.29) is 40.1 Å². The van der Waals surface area contributed by atoms with E-state index in [1.54, 1.807) is 0 Å². The fourth-order valence-electron chi connectivity index (χ4n) is 0. The van der Waals surface area contributed by atoms with E-state index in [2.05, 4.69) is 11.8 Å². The average Bonchev–Trinajstić information content (AvgIpc) is 1.37. The first kappa shape index (κ1) is 15.7. The maximum Gasteiger partial charge on any atom is 0.00804 e. The van der Waals surface area contributed by atoms with E-state index < -0.39 is 0 Å². The van der Waals surface area contributed by atoms with E-state index in [9.17, 15) is 0 Å². The van der Waals surface area contributed by atoms with Gasteiger partial charge in [-0.3, -0.25) is 0 Å². The summed E-state index contributed by atoms with van der Waals surface area (Å²) in [5.41, 5.74) is 0. The monoisotopic (exact) mass is 163 g/mol. The summed E-state index contributed by atoms with van der Waals surface area (Å²) < 4.78 is 4.29. The van der Waals surface area contributed by atoms with Crippen LogP contribution in [-0.2, 0) is 37.4 Å². The van der Waals surface area contributed by atoms with E-state index >= 15 is 0 Å². The Hall–Kier alpha value is 1.06. The zero-order valence-corrected chi connectivity index (χ0v) is 7.24. The van der Waals surface area contributed by atoms with Gasteiger partial charge < -0.3 is 12.2 Å². The number of hydrogen-bond donors (Lipinski definition) is 0. The van der Waals surface area contributed by atoms with Crippen LogP contribution in [0.5, 0.6) is 0 Å². The van der Waals surface area contributed by atoms with Gasteiger partial charge in [-0.2, -0.15) is 0 Å². The molecule has 0 aromatic rings. The normalized spacial score (nSPS) is 5.00. The van der Waals surface area contributed by atoms with Gasteiger partial charge in [0.1, 0.15) is 0 Å². The first-order valence-electron chi connectivity index (χ1n) is 1.28. The minimum Gasteiger partial charge on any atom is -0.555 e. The molecule has 0 aliphatic carbocycles. The molecule has 0 aliphatic heterocycles. The van der Waals surface area contributed by atoms with Crippen LogP contribution in [-0.4, -0.2) is 6.61 Å². The van der Waals surface area contributed by atoms with Gasteiger partial charge in [-0.05, 0) is 6.92 Å². The molecule has 0 unspecified atom stereocenters. The van der Waals surface area contributed by atoms with Gasteiger partial charge in [-0.15, -0.1) is 0 Å². The van der Waals surface area contributed by atoms with Gasteiger partial charge in [0, 0.05) is 39.3 Å². The fraction of sp³-hybridized carbons (Fsp3) is 0.500. The Labute approximate surface area is 65.3 Å². The van der Waals surface area contributed by atoms with E-state index in [0.717, 1.165) is 0 Å². The van der Waals surface area contributed by atoms with Crippen molar-refractivity contribution in [2.45, 2.75) is 6.92 Å². The molecule has 2 heteroatoms. The molecule has 0 heterocycles. The zero-order valence-electron chi connectivity index (χ0n) is 4.40. The average molecular weight is 163 g/mol. The van der Waals surface area contributed by atoms with Crippen molar-refractivity contribution >= 4 is 0 Å². The first-order chi connectivity index (χ1) is 1.91. The third kappa shape index (κ3) is 19.6. The minimum absolute atomic E-state index is 0. The second-order valence-corrected chi connectivity index (χ2v) is 0.493. The molecule has 1 radical (unpaired) electrons. The molecule has 0 amide bonds. The Balaban J connectivity index is -0.0000000450. The van der Waals surface area contributed by atoms with Gasteiger partial charge in [0.15, 0.2) is 0 Å². The van der Waals surface area contributed by atoms with Crippen molar-refractivity contribution in [1.29, 1.82) is 0 Å². The molecule has 0 aromatic carbocycles. The van der Waals surface area contributed by atoms with E-state index in [0.29, 0.717) is 6.61 Å². The largest absolute Gasteiger partial charge is 0.555 e. The van der Waals surface area contributed by atoms with Crippen LogP contribution in [0.2, 0.25) is 0 Å². The minimum atomic E-state index is 0. The van der Waals surface area contributed by atoms with Gasteiger partial charge in [0.05, 0.1) is 0 Å². The quantitative estimate of drug-likeness (QED) is 0.528. The van der Waals surface area contributed by atoms with Crippen molar-refractivity contribution in [1.82, 2.24) is 0 Å². The van der Waals surface area contributed by atoms with Crippen LogP contribution in [0, 0.1) is 14.5 Å². The first-order valence-corrected chi connectivity index (χ1v) is 1.28. The molecule has 37 valence electrons. The molecule has 0 aliphatic rings. The summed E-state index contributed by atoms with van der Waals surface area (Å²) in [6.45, 7) is 2.60. The molecular formula is C4H10OY-2. The van der Waals surface area contributed by atoms with Crippen LogP contribution < -0.4 is 0 Å². The Morgan fingerprint density at radius 3 is 1.83 bits per heavy atom. The summed E-state index contributed by atoms with van der Waals surface area (Å²) in [6.07, 6.45) is 0. The summed E-state index contributed by atoms with van der Waals surface area (Å²) in [5.74, 6) is 0. The van der Waals surface area contributed by atoms with Crippen molar-refractivity contribution in [2.24, 2.45) is 0 Å². The summed E-state index contributed by atoms with van der Waals surface area (Å²) >= 11 is 0. The number of hydrogen-bond acceptors (Lipinski definition) is 1. The summed E-state index contributed by atoms with van der Waals surface area (Å²) in [6, 6.07) is 0. The van der Waals surface area contributed by atoms with E-state index in [4.69, 9.17) is 0 Å². The third-order valence-corrected chi connectivity index (χ3v) is 0.204. The standard InChI is InChI=1S/C3H7O.CH3.Y/c1-3-4-2;;/h2-3H2,1H3;1H3;/q2*-1;. The molecule has 0 N–H and O–H groups in total. The second-order valence-electron chi connectivity index (χ2n) is 0.493. The van der Waals surface area contributed by atoms with E-state index in [1.807, 2.05) is 6.92 Å². The molecule has 1 nitrogen and oxygen atoms in total. The van der Waals surface area contributed by atoms with Crippen LogP contribution in [0.15, 0.2) is 0 Å². The van der Waals surface area contributed by atoms with Crippen LogP contribution in [0.3, 0.4) is 0 Å². The molecule has 0 aromatic heterocycles. The van der Waals surface area contributed by atoms with Crippen molar-refractivity contribution in [2.75, 3.05) is 6.61 Å². The van der Waals surface area contributed by atoms with Crippen LogP contribution in [0.1, 0.15) is 6.92 Å². The predicted octanol–water partition coefficient (Wildman–Crippen LogP) is 1.26. The van der Waals surface area contributed by atoms with Crippen molar-refractivity contribution in [3.05, 3.63) is 14.5 Å².